The highest BCUT2D eigenvalue weighted by atomic mass is 35.5. The summed E-state index contributed by atoms with van der Waals surface area (Å²) < 4.78 is 0. The third kappa shape index (κ3) is 1.56. The molecule has 1 nitrogen and oxygen atoms in total. The van der Waals surface area contributed by atoms with Gasteiger partial charge in [-0.3, -0.25) is 0 Å². The number of carbonyl (C=O) groups excluding carboxylic acids is 1. The monoisotopic (exact) mass is 140 g/mol. The lowest BCUT2D eigenvalue weighted by Crippen LogP contribution is -1.82. The molecule has 0 radical (unpaired) electrons. The lowest BCUT2D eigenvalue weighted by molar-refractivity contribution is 0.567. The summed E-state index contributed by atoms with van der Waals surface area (Å²) in [5.41, 5.74) is 0.652. The van der Waals surface area contributed by atoms with Gasteiger partial charge in [-0.15, -0.1) is 0 Å². The molecule has 9 heavy (non-hydrogen) atoms. The lowest BCUT2D eigenvalue weighted by atomic mass is 10.1. The summed E-state index contributed by atoms with van der Waals surface area (Å²) in [7, 11) is 0. The van der Waals surface area contributed by atoms with E-state index in [9.17, 15) is 4.79 Å². The molecule has 0 bridgehead atoms. The Bertz CT molecular complexity index is 219. The van der Waals surface area contributed by atoms with E-state index in [1.807, 2.05) is 0 Å². The second-order valence-corrected chi connectivity index (χ2v) is 2.19. The molecule has 0 N–H and O–H groups in total. The first kappa shape index (κ1) is 6.34. The molecule has 0 unspecified atom stereocenters. The quantitative estimate of drug-likeness (QED) is 0.469. The summed E-state index contributed by atoms with van der Waals surface area (Å²) >= 11 is 5.57. The topological polar surface area (TPSA) is 17.1 Å². The van der Waals surface area contributed by atoms with Crippen LogP contribution in [-0.4, -0.2) is 5.94 Å². The predicted molar refractivity (Wildman–Crippen MR) is 36.9 cm³/mol. The molecule has 1 rings (SSSR count). The minimum Gasteiger partial charge on any atom is -0.233 e. The third-order valence-corrected chi connectivity index (χ3v) is 1.37. The molecule has 0 aromatic heterocycles. The summed E-state index contributed by atoms with van der Waals surface area (Å²) in [6.07, 6.45) is 5.75. The van der Waals surface area contributed by atoms with E-state index in [-0.39, 0.29) is 0 Å². The summed E-state index contributed by atoms with van der Waals surface area (Å²) in [5.74, 6) is 1.80. The van der Waals surface area contributed by atoms with Gasteiger partial charge in [-0.25, -0.2) is 4.79 Å². The van der Waals surface area contributed by atoms with Crippen LogP contribution in [0.3, 0.4) is 0 Å². The van der Waals surface area contributed by atoms with E-state index in [0.29, 0.717) is 17.0 Å². The Morgan fingerprint density at radius 3 is 2.78 bits per heavy atom. The van der Waals surface area contributed by atoms with Gasteiger partial charge in [-0.2, -0.15) is 0 Å². The van der Waals surface area contributed by atoms with Crippen molar-refractivity contribution >= 4 is 17.5 Å². The van der Waals surface area contributed by atoms with E-state index in [0.717, 1.165) is 0 Å². The van der Waals surface area contributed by atoms with Gasteiger partial charge in [-0.05, 0) is 12.2 Å². The van der Waals surface area contributed by atoms with Crippen molar-refractivity contribution in [2.24, 2.45) is 0 Å². The SMILES string of the molecule is O=C=C1C=CC(Cl)=CC1. The van der Waals surface area contributed by atoms with Gasteiger partial charge in [0.1, 0.15) is 5.94 Å². The Morgan fingerprint density at radius 2 is 2.33 bits per heavy atom. The fourth-order valence-corrected chi connectivity index (χ4v) is 0.740. The van der Waals surface area contributed by atoms with E-state index in [2.05, 4.69) is 0 Å². The Kier molecular flexibility index (Phi) is 1.88. The highest BCUT2D eigenvalue weighted by Gasteiger charge is 1.97. The molecule has 1 aliphatic rings. The van der Waals surface area contributed by atoms with E-state index in [1.54, 1.807) is 24.2 Å². The number of hydrogen-bond acceptors (Lipinski definition) is 1. The standard InChI is InChI=1S/C7H5ClO/c8-7-3-1-6(5-9)2-4-7/h1,3-4H,2H2. The highest BCUT2D eigenvalue weighted by Crippen LogP contribution is 2.15. The normalized spacial score (nSPS) is 17.0. The van der Waals surface area contributed by atoms with Crippen molar-refractivity contribution in [2.75, 3.05) is 0 Å². The molecular formula is C7H5ClO. The van der Waals surface area contributed by atoms with Gasteiger partial charge < -0.3 is 0 Å². The van der Waals surface area contributed by atoms with Gasteiger partial charge >= 0.3 is 0 Å². The largest absolute Gasteiger partial charge is 0.233 e. The predicted octanol–water partition coefficient (Wildman–Crippen LogP) is 1.83. The Morgan fingerprint density at radius 1 is 1.56 bits per heavy atom. The van der Waals surface area contributed by atoms with Crippen LogP contribution in [0.25, 0.3) is 0 Å². The molecule has 46 valence electrons. The van der Waals surface area contributed by atoms with Gasteiger partial charge in [0.05, 0.1) is 0 Å². The second kappa shape index (κ2) is 2.67. The zero-order chi connectivity index (χ0) is 6.69. The Balaban J connectivity index is 2.81. The first-order valence-corrected chi connectivity index (χ1v) is 2.98. The fraction of sp³-hybridized carbons (Fsp3) is 0.143. The highest BCUT2D eigenvalue weighted by molar-refractivity contribution is 6.31. The molecule has 0 heterocycles. The molecule has 0 saturated heterocycles. The number of halogens is 1. The molecule has 0 atom stereocenters. The van der Waals surface area contributed by atoms with E-state index in [1.165, 1.54) is 0 Å². The molecule has 0 aliphatic heterocycles. The molecule has 0 aromatic carbocycles. The van der Waals surface area contributed by atoms with E-state index < -0.39 is 0 Å². The second-order valence-electron chi connectivity index (χ2n) is 1.75. The van der Waals surface area contributed by atoms with Crippen LogP contribution in [0.4, 0.5) is 0 Å². The molecule has 0 fully saturated rings. The van der Waals surface area contributed by atoms with Crippen LogP contribution >= 0.6 is 11.6 Å². The van der Waals surface area contributed by atoms with Crippen molar-refractivity contribution in [2.45, 2.75) is 6.42 Å². The van der Waals surface area contributed by atoms with Gasteiger partial charge in [0.15, 0.2) is 0 Å². The average Bonchev–Trinajstić information content (AvgIpc) is 1.90. The summed E-state index contributed by atoms with van der Waals surface area (Å²) in [5, 5.41) is 0.689. The van der Waals surface area contributed by atoms with Crippen LogP contribution in [0.15, 0.2) is 28.8 Å². The maximum Gasteiger partial charge on any atom is 0.128 e. The average molecular weight is 141 g/mol. The van der Waals surface area contributed by atoms with Crippen LogP contribution in [0, 0.1) is 0 Å². The van der Waals surface area contributed by atoms with Crippen molar-refractivity contribution in [3.63, 3.8) is 0 Å². The van der Waals surface area contributed by atoms with Gasteiger partial charge in [0, 0.05) is 17.0 Å². The molecule has 0 saturated carbocycles. The number of rotatable bonds is 0. The first-order valence-electron chi connectivity index (χ1n) is 2.60. The maximum atomic E-state index is 9.98. The number of allylic oxidation sites excluding steroid dienone is 5. The van der Waals surface area contributed by atoms with Crippen LogP contribution < -0.4 is 0 Å². The van der Waals surface area contributed by atoms with Crippen molar-refractivity contribution in [1.82, 2.24) is 0 Å². The summed E-state index contributed by atoms with van der Waals surface area (Å²) in [4.78, 5) is 9.98. The van der Waals surface area contributed by atoms with Gasteiger partial charge in [-0.1, -0.05) is 17.7 Å². The zero-order valence-corrected chi connectivity index (χ0v) is 5.48. The van der Waals surface area contributed by atoms with E-state index >= 15 is 0 Å². The Hall–Kier alpha value is -0.780. The van der Waals surface area contributed by atoms with Crippen LogP contribution in [0.1, 0.15) is 6.42 Å². The molecule has 0 spiro atoms. The summed E-state index contributed by atoms with van der Waals surface area (Å²) in [6, 6.07) is 0. The fourth-order valence-electron chi connectivity index (χ4n) is 0.599. The smallest absolute Gasteiger partial charge is 0.128 e. The van der Waals surface area contributed by atoms with Crippen molar-refractivity contribution in [3.05, 3.63) is 28.8 Å². The van der Waals surface area contributed by atoms with Crippen molar-refractivity contribution < 1.29 is 4.79 Å². The van der Waals surface area contributed by atoms with Gasteiger partial charge in [0.2, 0.25) is 0 Å². The lowest BCUT2D eigenvalue weighted by Gasteiger charge is -1.97. The summed E-state index contributed by atoms with van der Waals surface area (Å²) in [6.45, 7) is 0. The van der Waals surface area contributed by atoms with Gasteiger partial charge in [0.25, 0.3) is 0 Å². The third-order valence-electron chi connectivity index (χ3n) is 1.09. The van der Waals surface area contributed by atoms with Crippen LogP contribution in [0.2, 0.25) is 0 Å². The minimum absolute atomic E-state index is 0.610. The molecule has 0 amide bonds. The van der Waals surface area contributed by atoms with Crippen LogP contribution in [0.5, 0.6) is 0 Å². The zero-order valence-electron chi connectivity index (χ0n) is 4.73. The van der Waals surface area contributed by atoms with Crippen molar-refractivity contribution in [3.8, 4) is 0 Å². The first-order chi connectivity index (χ1) is 4.33. The molecular weight excluding hydrogens is 136 g/mol. The maximum absolute atomic E-state index is 9.98. The van der Waals surface area contributed by atoms with Crippen molar-refractivity contribution in [1.29, 1.82) is 0 Å². The van der Waals surface area contributed by atoms with Crippen LogP contribution in [-0.2, 0) is 4.79 Å². The molecule has 1 aliphatic carbocycles. The minimum atomic E-state index is 0.610. The van der Waals surface area contributed by atoms with E-state index in [4.69, 9.17) is 11.6 Å². The number of hydrogen-bond donors (Lipinski definition) is 0. The molecule has 2 heteroatoms. The molecule has 0 aromatic rings. The Labute approximate surface area is 58.3 Å².